The van der Waals surface area contributed by atoms with Crippen LogP contribution in [0, 0.1) is 13.8 Å². The van der Waals surface area contributed by atoms with Crippen molar-refractivity contribution in [3.63, 3.8) is 0 Å². The molecule has 1 aromatic carbocycles. The van der Waals surface area contributed by atoms with Gasteiger partial charge >= 0.3 is 0 Å². The van der Waals surface area contributed by atoms with Gasteiger partial charge in [-0.3, -0.25) is 4.79 Å². The van der Waals surface area contributed by atoms with E-state index >= 15 is 0 Å². The monoisotopic (exact) mass is 483 g/mol. The number of rotatable bonds is 7. The van der Waals surface area contributed by atoms with E-state index in [-0.39, 0.29) is 11.7 Å². The van der Waals surface area contributed by atoms with Crippen molar-refractivity contribution in [2.24, 2.45) is 5.73 Å². The predicted molar refractivity (Wildman–Crippen MR) is 135 cm³/mol. The van der Waals surface area contributed by atoms with E-state index in [1.807, 2.05) is 42.6 Å². The van der Waals surface area contributed by atoms with E-state index in [1.165, 1.54) is 16.0 Å². The number of aromatic hydroxyl groups is 1. The molecular weight excluding hydrogens is 450 g/mol. The molecule has 0 atom stereocenters. The summed E-state index contributed by atoms with van der Waals surface area (Å²) >= 11 is 1.72. The Hall–Kier alpha value is -3.17. The zero-order chi connectivity index (χ0) is 24.7. The zero-order valence-electron chi connectivity index (χ0n) is 20.0. The second-order valence-corrected chi connectivity index (χ2v) is 9.37. The van der Waals surface area contributed by atoms with Crippen LogP contribution in [0.4, 0.5) is 5.00 Å². The first-order chi connectivity index (χ1) is 16.4. The van der Waals surface area contributed by atoms with Gasteiger partial charge in [0.1, 0.15) is 24.4 Å². The fourth-order valence-corrected chi connectivity index (χ4v) is 5.36. The van der Waals surface area contributed by atoms with Gasteiger partial charge < -0.3 is 30.4 Å². The lowest BCUT2D eigenvalue weighted by molar-refractivity contribution is -0.132. The van der Waals surface area contributed by atoms with Crippen LogP contribution in [0.1, 0.15) is 39.5 Å². The van der Waals surface area contributed by atoms with Gasteiger partial charge in [-0.15, -0.1) is 11.3 Å². The molecule has 0 saturated carbocycles. The summed E-state index contributed by atoms with van der Waals surface area (Å²) in [6.07, 6.45) is 4.92. The van der Waals surface area contributed by atoms with Gasteiger partial charge in [0.15, 0.2) is 0 Å². The third-order valence-electron chi connectivity index (χ3n) is 5.81. The van der Waals surface area contributed by atoms with Gasteiger partial charge in [0, 0.05) is 43.2 Å². The Morgan fingerprint density at radius 1 is 1.35 bits per heavy atom. The molecule has 0 aliphatic carbocycles. The van der Waals surface area contributed by atoms with Crippen LogP contribution in [0.2, 0.25) is 0 Å². The highest BCUT2D eigenvalue weighted by atomic mass is 32.1. The molecule has 4 N–H and O–H groups in total. The number of nitrogens with zero attached hydrogens (tertiary/aromatic N) is 3. The topological polar surface area (TPSA) is 113 Å². The van der Waals surface area contributed by atoms with Crippen molar-refractivity contribution in [1.29, 1.82) is 0 Å². The molecule has 0 radical (unpaired) electrons. The van der Waals surface area contributed by atoms with Gasteiger partial charge in [-0.25, -0.2) is 4.98 Å². The molecule has 3 heterocycles. The quantitative estimate of drug-likeness (QED) is 0.445. The Labute approximate surface area is 204 Å². The number of benzene rings is 1. The highest BCUT2D eigenvalue weighted by Gasteiger charge is 2.26. The van der Waals surface area contributed by atoms with Crippen molar-refractivity contribution in [3.05, 3.63) is 63.5 Å². The molecule has 0 bridgehead atoms. The minimum atomic E-state index is 0.143. The number of fused-ring (bicyclic) bond motifs is 1. The number of nitrogens with two attached hydrogens (primary N) is 1. The predicted octanol–water partition coefficient (Wildman–Crippen LogP) is 3.17. The fraction of sp³-hybridized carbons (Fsp3) is 0.400. The number of anilines is 1. The maximum absolute atomic E-state index is 12.6. The van der Waals surface area contributed by atoms with Gasteiger partial charge in [-0.1, -0.05) is 12.1 Å². The smallest absolute Gasteiger partial charge is 0.242 e. The van der Waals surface area contributed by atoms with Gasteiger partial charge in [0.25, 0.3) is 0 Å². The zero-order valence-corrected chi connectivity index (χ0v) is 20.8. The number of amides is 1. The third-order valence-corrected chi connectivity index (χ3v) is 7.09. The van der Waals surface area contributed by atoms with Crippen LogP contribution in [0.15, 0.2) is 30.5 Å². The molecule has 3 aromatic rings. The summed E-state index contributed by atoms with van der Waals surface area (Å²) < 4.78 is 1.92. The lowest BCUT2D eigenvalue weighted by Crippen LogP contribution is -2.37. The number of phenols is 1. The highest BCUT2D eigenvalue weighted by Crippen LogP contribution is 2.36. The van der Waals surface area contributed by atoms with Crippen molar-refractivity contribution in [3.8, 4) is 5.75 Å². The average molecular weight is 484 g/mol. The summed E-state index contributed by atoms with van der Waals surface area (Å²) in [5, 5.41) is 13.4. The van der Waals surface area contributed by atoms with E-state index in [4.69, 9.17) is 10.8 Å². The van der Waals surface area contributed by atoms with Crippen LogP contribution in [0.25, 0.3) is 0 Å². The van der Waals surface area contributed by atoms with Crippen LogP contribution in [0.5, 0.6) is 5.75 Å². The molecule has 1 aliphatic heterocycles. The van der Waals surface area contributed by atoms with E-state index in [0.717, 1.165) is 41.3 Å². The first-order valence-corrected chi connectivity index (χ1v) is 12.2. The summed E-state index contributed by atoms with van der Waals surface area (Å²) in [4.78, 5) is 30.2. The number of aldehydes is 1. The lowest BCUT2D eigenvalue weighted by atomic mass is 10.0. The molecule has 9 heteroatoms. The number of hydrogen-bond donors (Lipinski definition) is 3. The van der Waals surface area contributed by atoms with Crippen molar-refractivity contribution < 1.29 is 14.7 Å². The number of thiophene rings is 1. The molecule has 8 nitrogen and oxygen atoms in total. The summed E-state index contributed by atoms with van der Waals surface area (Å²) in [6, 6.07) is 6.95. The minimum absolute atomic E-state index is 0.143. The van der Waals surface area contributed by atoms with Crippen LogP contribution in [0.3, 0.4) is 0 Å². The number of hydrogen-bond acceptors (Lipinski definition) is 7. The molecule has 0 spiro atoms. The van der Waals surface area contributed by atoms with Crippen molar-refractivity contribution >= 4 is 28.5 Å². The number of carbonyl (C=O) groups is 2. The summed E-state index contributed by atoms with van der Waals surface area (Å²) in [7, 11) is 1.92. The van der Waals surface area contributed by atoms with Crippen LogP contribution < -0.4 is 11.1 Å². The fourth-order valence-electron chi connectivity index (χ4n) is 4.11. The first kappa shape index (κ1) is 25.5. The third kappa shape index (κ3) is 6.24. The number of imidazole rings is 1. The van der Waals surface area contributed by atoms with Gasteiger partial charge in [0.05, 0.1) is 17.2 Å². The number of carbonyl (C=O) groups excluding carboxylic acids is 2. The number of nitrogens with one attached hydrogen (secondary N) is 1. The second-order valence-electron chi connectivity index (χ2n) is 8.26. The highest BCUT2D eigenvalue weighted by molar-refractivity contribution is 7.16. The molecule has 4 rings (SSSR count). The second kappa shape index (κ2) is 11.8. The lowest BCUT2D eigenvalue weighted by Gasteiger charge is -2.27. The Kier molecular flexibility index (Phi) is 8.84. The molecule has 34 heavy (non-hydrogen) atoms. The van der Waals surface area contributed by atoms with E-state index in [2.05, 4.69) is 10.3 Å². The number of phenolic OH excluding ortho intramolecular Hbond substituents is 1. The Bertz CT molecular complexity index is 1140. The molecule has 182 valence electrons. The van der Waals surface area contributed by atoms with Gasteiger partial charge in [-0.2, -0.15) is 0 Å². The number of aryl methyl sites for hydroxylation is 3. The molecule has 1 aliphatic rings. The van der Waals surface area contributed by atoms with Crippen molar-refractivity contribution in [2.45, 2.75) is 52.7 Å². The maximum atomic E-state index is 12.6. The van der Waals surface area contributed by atoms with Crippen molar-refractivity contribution in [2.75, 3.05) is 18.9 Å². The van der Waals surface area contributed by atoms with Crippen LogP contribution in [-0.4, -0.2) is 45.3 Å². The van der Waals surface area contributed by atoms with E-state index < -0.39 is 0 Å². The van der Waals surface area contributed by atoms with Crippen LogP contribution >= 0.6 is 11.3 Å². The minimum Gasteiger partial charge on any atom is -0.508 e. The molecule has 2 aromatic heterocycles. The SMILES string of the molecule is CNc1sc2c(c1CN)CCN(C(=O)Cn1cc(C)nc1C)C2.O=CCCc1cccc(O)c1. The standard InChI is InChI=1S/C16H23N5OS.C9H10O2/c1-10-7-21(11(2)19-10)9-15(22)20-5-4-12-13(6-17)16(18-3)23-14(12)8-20;10-6-2-4-8-3-1-5-9(11)7-8/h7,18H,4-6,8-9,17H2,1-3H3;1,3,5-7,11H,2,4H2. The van der Waals surface area contributed by atoms with E-state index in [1.54, 1.807) is 29.5 Å². The summed E-state index contributed by atoms with van der Waals surface area (Å²) in [5.74, 6) is 1.28. The van der Waals surface area contributed by atoms with E-state index in [9.17, 15) is 9.59 Å². The maximum Gasteiger partial charge on any atom is 0.242 e. The normalized spacial score (nSPS) is 12.5. The van der Waals surface area contributed by atoms with Gasteiger partial charge in [0.2, 0.25) is 5.91 Å². The largest absolute Gasteiger partial charge is 0.508 e. The number of aromatic nitrogens is 2. The molecule has 0 saturated heterocycles. The molecule has 1 amide bonds. The van der Waals surface area contributed by atoms with Gasteiger partial charge in [-0.05, 0) is 49.9 Å². The van der Waals surface area contributed by atoms with E-state index in [0.29, 0.717) is 32.5 Å². The summed E-state index contributed by atoms with van der Waals surface area (Å²) in [5.41, 5.74) is 10.4. The van der Waals surface area contributed by atoms with Crippen molar-refractivity contribution in [1.82, 2.24) is 14.5 Å². The molecule has 0 unspecified atom stereocenters. The van der Waals surface area contributed by atoms with Crippen LogP contribution in [-0.2, 0) is 42.1 Å². The Balaban J connectivity index is 0.000000248. The molecular formula is C25H33N5O3S. The Morgan fingerprint density at radius 2 is 2.15 bits per heavy atom. The Morgan fingerprint density at radius 3 is 2.76 bits per heavy atom. The average Bonchev–Trinajstić information content (AvgIpc) is 3.35. The summed E-state index contributed by atoms with van der Waals surface area (Å²) in [6.45, 7) is 6.21. The molecule has 0 fully saturated rings. The first-order valence-electron chi connectivity index (χ1n) is 11.4.